The largest absolute Gasteiger partial charge is 0.473 e. The van der Waals surface area contributed by atoms with Gasteiger partial charge in [-0.1, -0.05) is 5.16 Å². The van der Waals surface area contributed by atoms with E-state index in [9.17, 15) is 30.8 Å². The standard InChI is InChI=1S/C21H20FN3O5S.C2H3F3O/c1-14-18(20(24-30-14)15-2-5-17(22)6-3-15)13-29-19-7-4-16(12-23-19)21(26)25-8-10-31(27,28)11-9-25;3-2(4,5)1-6/h2-7,12H,8-11,13H2,1H3;6H,1H2. The number of carbonyl (C=O) groups is 1. The van der Waals surface area contributed by atoms with Crippen LogP contribution < -0.4 is 4.74 Å². The van der Waals surface area contributed by atoms with Crippen molar-refractivity contribution in [1.29, 1.82) is 0 Å². The van der Waals surface area contributed by atoms with Crippen LogP contribution in [0, 0.1) is 12.7 Å². The third kappa shape index (κ3) is 7.98. The zero-order chi connectivity index (χ0) is 27.2. The summed E-state index contributed by atoms with van der Waals surface area (Å²) in [4.78, 5) is 18.2. The number of pyridine rings is 1. The quantitative estimate of drug-likeness (QED) is 0.485. The van der Waals surface area contributed by atoms with Crippen molar-refractivity contribution in [2.75, 3.05) is 31.2 Å². The minimum atomic E-state index is -4.40. The highest BCUT2D eigenvalue weighted by atomic mass is 32.2. The lowest BCUT2D eigenvalue weighted by atomic mass is 10.1. The summed E-state index contributed by atoms with van der Waals surface area (Å²) >= 11 is 0. The lowest BCUT2D eigenvalue weighted by Gasteiger charge is -2.26. The Balaban J connectivity index is 0.000000568. The second-order valence-electron chi connectivity index (χ2n) is 7.96. The Morgan fingerprint density at radius 1 is 1.14 bits per heavy atom. The molecule has 1 amide bonds. The monoisotopic (exact) mass is 545 g/mol. The number of hydrogen-bond donors (Lipinski definition) is 1. The Bertz CT molecular complexity index is 1300. The molecule has 1 aliphatic rings. The van der Waals surface area contributed by atoms with E-state index < -0.39 is 22.6 Å². The molecule has 1 saturated heterocycles. The molecule has 200 valence electrons. The molecule has 1 aromatic carbocycles. The van der Waals surface area contributed by atoms with Crippen LogP contribution in [-0.2, 0) is 16.4 Å². The molecule has 9 nitrogen and oxygen atoms in total. The molecular weight excluding hydrogens is 522 g/mol. The predicted molar refractivity (Wildman–Crippen MR) is 123 cm³/mol. The van der Waals surface area contributed by atoms with Crippen LogP contribution in [0.25, 0.3) is 11.3 Å². The van der Waals surface area contributed by atoms with Crippen molar-refractivity contribution in [1.82, 2.24) is 15.0 Å². The van der Waals surface area contributed by atoms with Gasteiger partial charge in [-0.05, 0) is 37.3 Å². The molecule has 0 saturated carbocycles. The van der Waals surface area contributed by atoms with Crippen LogP contribution in [0.1, 0.15) is 21.7 Å². The molecule has 1 fully saturated rings. The lowest BCUT2D eigenvalue weighted by Crippen LogP contribution is -2.43. The van der Waals surface area contributed by atoms with Gasteiger partial charge in [0.15, 0.2) is 9.84 Å². The number of aliphatic hydroxyl groups excluding tert-OH is 1. The maximum atomic E-state index is 13.2. The number of benzene rings is 1. The average Bonchev–Trinajstić information content (AvgIpc) is 3.23. The fourth-order valence-corrected chi connectivity index (χ4v) is 4.43. The summed E-state index contributed by atoms with van der Waals surface area (Å²) in [6.07, 6.45) is -3.00. The molecule has 1 N–H and O–H groups in total. The van der Waals surface area contributed by atoms with Crippen LogP contribution in [0.5, 0.6) is 5.88 Å². The van der Waals surface area contributed by atoms with Gasteiger partial charge in [0, 0.05) is 30.9 Å². The molecule has 4 rings (SSSR count). The van der Waals surface area contributed by atoms with E-state index in [0.29, 0.717) is 34.0 Å². The third-order valence-electron chi connectivity index (χ3n) is 5.26. The molecule has 0 aliphatic carbocycles. The Kier molecular flexibility index (Phi) is 8.86. The van der Waals surface area contributed by atoms with Crippen molar-refractivity contribution in [3.63, 3.8) is 0 Å². The van der Waals surface area contributed by atoms with Gasteiger partial charge in [0.25, 0.3) is 5.91 Å². The molecule has 0 spiro atoms. The summed E-state index contributed by atoms with van der Waals surface area (Å²) in [7, 11) is -3.06. The van der Waals surface area contributed by atoms with E-state index in [2.05, 4.69) is 10.1 Å². The number of rotatable bonds is 5. The van der Waals surface area contributed by atoms with Crippen LogP contribution in [-0.4, -0.2) is 71.9 Å². The Labute approximate surface area is 209 Å². The highest BCUT2D eigenvalue weighted by Gasteiger charge is 2.26. The Hall–Kier alpha value is -3.52. The van der Waals surface area contributed by atoms with Crippen LogP contribution in [0.4, 0.5) is 17.6 Å². The average molecular weight is 546 g/mol. The van der Waals surface area contributed by atoms with Gasteiger partial charge < -0.3 is 19.3 Å². The Morgan fingerprint density at radius 2 is 1.76 bits per heavy atom. The van der Waals surface area contributed by atoms with Crippen molar-refractivity contribution in [3.05, 3.63) is 65.3 Å². The molecule has 0 unspecified atom stereocenters. The number of carbonyl (C=O) groups excluding carboxylic acids is 1. The molecule has 1 aliphatic heterocycles. The topological polar surface area (TPSA) is 123 Å². The van der Waals surface area contributed by atoms with Crippen molar-refractivity contribution in [2.24, 2.45) is 0 Å². The van der Waals surface area contributed by atoms with E-state index in [1.54, 1.807) is 31.2 Å². The van der Waals surface area contributed by atoms with Gasteiger partial charge in [-0.3, -0.25) is 4.79 Å². The first-order valence-corrected chi connectivity index (χ1v) is 12.7. The van der Waals surface area contributed by atoms with Crippen LogP contribution in [0.3, 0.4) is 0 Å². The van der Waals surface area contributed by atoms with E-state index >= 15 is 0 Å². The van der Waals surface area contributed by atoms with Gasteiger partial charge in [0.1, 0.15) is 30.5 Å². The number of amides is 1. The first-order chi connectivity index (χ1) is 17.4. The molecule has 3 heterocycles. The second kappa shape index (κ2) is 11.7. The van der Waals surface area contributed by atoms with Gasteiger partial charge in [-0.2, -0.15) is 13.2 Å². The number of hydrogen-bond acceptors (Lipinski definition) is 8. The second-order valence-corrected chi connectivity index (χ2v) is 10.3. The first-order valence-electron chi connectivity index (χ1n) is 10.9. The number of aromatic nitrogens is 2. The van der Waals surface area contributed by atoms with E-state index in [-0.39, 0.29) is 42.9 Å². The van der Waals surface area contributed by atoms with Crippen molar-refractivity contribution >= 4 is 15.7 Å². The van der Waals surface area contributed by atoms with Gasteiger partial charge in [0.05, 0.1) is 22.6 Å². The zero-order valence-corrected chi connectivity index (χ0v) is 20.4. The fraction of sp³-hybridized carbons (Fsp3) is 0.348. The van der Waals surface area contributed by atoms with E-state index in [4.69, 9.17) is 14.4 Å². The predicted octanol–water partition coefficient (Wildman–Crippen LogP) is 3.17. The normalized spacial score (nSPS) is 15.0. The molecule has 0 atom stereocenters. The minimum absolute atomic E-state index is 0.0260. The van der Waals surface area contributed by atoms with Crippen molar-refractivity contribution < 1.29 is 45.1 Å². The number of nitrogens with zero attached hydrogens (tertiary/aromatic N) is 3. The van der Waals surface area contributed by atoms with Crippen molar-refractivity contribution in [3.8, 4) is 17.1 Å². The molecule has 37 heavy (non-hydrogen) atoms. The number of aryl methyl sites for hydroxylation is 1. The van der Waals surface area contributed by atoms with Gasteiger partial charge in [0.2, 0.25) is 5.88 Å². The first kappa shape index (κ1) is 28.1. The zero-order valence-electron chi connectivity index (χ0n) is 19.5. The van der Waals surface area contributed by atoms with Crippen molar-refractivity contribution in [2.45, 2.75) is 19.7 Å². The molecule has 14 heteroatoms. The van der Waals surface area contributed by atoms with Gasteiger partial charge >= 0.3 is 6.18 Å². The number of ether oxygens (including phenoxy) is 1. The van der Waals surface area contributed by atoms with Gasteiger partial charge in [-0.25, -0.2) is 17.8 Å². The number of aliphatic hydroxyl groups is 1. The SMILES string of the molecule is Cc1onc(-c2ccc(F)cc2)c1COc1ccc(C(=O)N2CCS(=O)(=O)CC2)cn1.OCC(F)(F)F. The summed E-state index contributed by atoms with van der Waals surface area (Å²) in [6, 6.07) is 9.09. The summed E-state index contributed by atoms with van der Waals surface area (Å²) < 4.78 is 78.8. The molecule has 3 aromatic rings. The number of halogens is 4. The number of alkyl halides is 3. The van der Waals surface area contributed by atoms with Crippen LogP contribution >= 0.6 is 0 Å². The summed E-state index contributed by atoms with van der Waals surface area (Å²) in [6.45, 7) is 0.517. The highest BCUT2D eigenvalue weighted by molar-refractivity contribution is 7.91. The summed E-state index contributed by atoms with van der Waals surface area (Å²) in [5.41, 5.74) is 2.33. The van der Waals surface area contributed by atoms with Crippen LogP contribution in [0.2, 0.25) is 0 Å². The third-order valence-corrected chi connectivity index (χ3v) is 6.87. The van der Waals surface area contributed by atoms with E-state index in [1.165, 1.54) is 23.2 Å². The Morgan fingerprint density at radius 3 is 2.30 bits per heavy atom. The minimum Gasteiger partial charge on any atom is -0.473 e. The molecule has 2 aromatic heterocycles. The summed E-state index contributed by atoms with van der Waals surface area (Å²) in [5, 5.41) is 11.3. The number of sulfone groups is 1. The molecular formula is C23H23F4N3O6S. The van der Waals surface area contributed by atoms with E-state index in [0.717, 1.165) is 0 Å². The molecule has 0 radical (unpaired) electrons. The fourth-order valence-electron chi connectivity index (χ4n) is 3.23. The van der Waals surface area contributed by atoms with Gasteiger partial charge in [-0.15, -0.1) is 0 Å². The van der Waals surface area contributed by atoms with E-state index in [1.807, 2.05) is 0 Å². The summed E-state index contributed by atoms with van der Waals surface area (Å²) in [5.74, 6) is 0.229. The maximum absolute atomic E-state index is 13.2. The van der Waals surface area contributed by atoms with Crippen LogP contribution in [0.15, 0.2) is 47.1 Å². The molecule has 0 bridgehead atoms. The smallest absolute Gasteiger partial charge is 0.411 e. The highest BCUT2D eigenvalue weighted by Crippen LogP contribution is 2.26. The maximum Gasteiger partial charge on any atom is 0.411 e. The lowest BCUT2D eigenvalue weighted by molar-refractivity contribution is -0.159.